The highest BCUT2D eigenvalue weighted by Gasteiger charge is 2.01. The first-order valence-corrected chi connectivity index (χ1v) is 6.68. The number of nitrogens with two attached hydrogens (primary N) is 1. The fourth-order valence-electron chi connectivity index (χ4n) is 1.72. The topological polar surface area (TPSA) is 38.0 Å². The van der Waals surface area contributed by atoms with Gasteiger partial charge in [0.25, 0.3) is 0 Å². The van der Waals surface area contributed by atoms with E-state index in [4.69, 9.17) is 5.73 Å². The van der Waals surface area contributed by atoms with E-state index >= 15 is 0 Å². The highest BCUT2D eigenvalue weighted by atomic mass is 32.1. The first-order valence-electron chi connectivity index (χ1n) is 5.86. The van der Waals surface area contributed by atoms with Gasteiger partial charge in [-0.05, 0) is 43.2 Å². The number of nitrogens with one attached hydrogen (secondary N) is 1. The molecule has 0 atom stereocenters. The van der Waals surface area contributed by atoms with Gasteiger partial charge in [0.2, 0.25) is 0 Å². The summed E-state index contributed by atoms with van der Waals surface area (Å²) in [5, 5.41) is 3.44. The first kappa shape index (κ1) is 12.0. The van der Waals surface area contributed by atoms with Crippen LogP contribution in [0.2, 0.25) is 0 Å². The molecule has 0 spiro atoms. The van der Waals surface area contributed by atoms with Crippen LogP contribution in [-0.2, 0) is 13.0 Å². The molecular formula is C14H18N2S. The molecule has 0 aliphatic rings. The third-order valence-corrected chi connectivity index (χ3v) is 4.01. The molecule has 17 heavy (non-hydrogen) atoms. The van der Waals surface area contributed by atoms with Crippen molar-refractivity contribution in [3.63, 3.8) is 0 Å². The Bertz CT molecular complexity index is 503. The lowest BCUT2D eigenvalue weighted by atomic mass is 10.2. The van der Waals surface area contributed by atoms with E-state index in [1.165, 1.54) is 15.3 Å². The summed E-state index contributed by atoms with van der Waals surface area (Å²) in [5.41, 5.74) is 8.94. The first-order chi connectivity index (χ1) is 8.19. The minimum absolute atomic E-state index is 0.804. The molecule has 0 saturated heterocycles. The standard InChI is InChI=1S/C14H18N2S/c1-3-12-6-7-13(17-12)9-16-14-8-11(15)5-4-10(14)2/h4-8,16H,3,9,15H2,1-2H3. The Kier molecular flexibility index (Phi) is 3.69. The van der Waals surface area contributed by atoms with Crippen LogP contribution in [0, 0.1) is 6.92 Å². The Hall–Kier alpha value is -1.48. The quantitative estimate of drug-likeness (QED) is 0.805. The predicted molar refractivity (Wildman–Crippen MR) is 76.6 cm³/mol. The highest BCUT2D eigenvalue weighted by molar-refractivity contribution is 7.12. The van der Waals surface area contributed by atoms with Crippen molar-refractivity contribution < 1.29 is 0 Å². The van der Waals surface area contributed by atoms with Crippen molar-refractivity contribution in [1.29, 1.82) is 0 Å². The molecule has 2 rings (SSSR count). The second kappa shape index (κ2) is 5.23. The molecule has 0 saturated carbocycles. The van der Waals surface area contributed by atoms with Gasteiger partial charge >= 0.3 is 0 Å². The van der Waals surface area contributed by atoms with E-state index in [1.807, 2.05) is 29.5 Å². The number of nitrogen functional groups attached to an aromatic ring is 1. The SMILES string of the molecule is CCc1ccc(CNc2cc(N)ccc2C)s1. The number of thiophene rings is 1. The van der Waals surface area contributed by atoms with Crippen molar-refractivity contribution in [3.05, 3.63) is 45.6 Å². The van der Waals surface area contributed by atoms with E-state index in [1.54, 1.807) is 0 Å². The molecular weight excluding hydrogens is 228 g/mol. The number of hydrogen-bond acceptors (Lipinski definition) is 3. The van der Waals surface area contributed by atoms with Crippen molar-refractivity contribution in [2.45, 2.75) is 26.8 Å². The summed E-state index contributed by atoms with van der Waals surface area (Å²) in [6.45, 7) is 5.15. The number of rotatable bonds is 4. The Morgan fingerprint density at radius 2 is 1.94 bits per heavy atom. The molecule has 90 valence electrons. The molecule has 1 aromatic heterocycles. The molecule has 0 aliphatic heterocycles. The maximum absolute atomic E-state index is 5.78. The number of benzene rings is 1. The lowest BCUT2D eigenvalue weighted by Crippen LogP contribution is -2.00. The lowest BCUT2D eigenvalue weighted by Gasteiger charge is -2.09. The van der Waals surface area contributed by atoms with Gasteiger partial charge in [0, 0.05) is 27.7 Å². The van der Waals surface area contributed by atoms with E-state index in [0.29, 0.717) is 0 Å². The average Bonchev–Trinajstić information content (AvgIpc) is 2.78. The van der Waals surface area contributed by atoms with Crippen molar-refractivity contribution in [2.24, 2.45) is 0 Å². The molecule has 1 aromatic carbocycles. The molecule has 0 unspecified atom stereocenters. The summed E-state index contributed by atoms with van der Waals surface area (Å²) in [7, 11) is 0. The minimum atomic E-state index is 0.804. The van der Waals surface area contributed by atoms with Gasteiger partial charge in [0.15, 0.2) is 0 Å². The summed E-state index contributed by atoms with van der Waals surface area (Å²) in [4.78, 5) is 2.80. The number of anilines is 2. The average molecular weight is 246 g/mol. The van der Waals surface area contributed by atoms with Crippen LogP contribution in [0.4, 0.5) is 11.4 Å². The number of aryl methyl sites for hydroxylation is 2. The van der Waals surface area contributed by atoms with Gasteiger partial charge in [-0.15, -0.1) is 11.3 Å². The zero-order valence-corrected chi connectivity index (χ0v) is 11.1. The molecule has 2 aromatic rings. The smallest absolute Gasteiger partial charge is 0.0494 e. The van der Waals surface area contributed by atoms with E-state index in [-0.39, 0.29) is 0 Å². The van der Waals surface area contributed by atoms with Crippen LogP contribution >= 0.6 is 11.3 Å². The van der Waals surface area contributed by atoms with Crippen molar-refractivity contribution >= 4 is 22.7 Å². The molecule has 0 amide bonds. The van der Waals surface area contributed by atoms with Crippen LogP contribution in [0.1, 0.15) is 22.2 Å². The second-order valence-corrected chi connectivity index (χ2v) is 5.40. The Morgan fingerprint density at radius 3 is 2.65 bits per heavy atom. The molecule has 0 aliphatic carbocycles. The fourth-order valence-corrected chi connectivity index (χ4v) is 2.62. The van der Waals surface area contributed by atoms with Crippen LogP contribution in [0.5, 0.6) is 0 Å². The van der Waals surface area contributed by atoms with Crippen LogP contribution in [0.25, 0.3) is 0 Å². The van der Waals surface area contributed by atoms with Gasteiger partial charge in [-0.3, -0.25) is 0 Å². The van der Waals surface area contributed by atoms with E-state index < -0.39 is 0 Å². The molecule has 0 bridgehead atoms. The van der Waals surface area contributed by atoms with Gasteiger partial charge in [-0.2, -0.15) is 0 Å². The molecule has 2 nitrogen and oxygen atoms in total. The molecule has 3 heteroatoms. The zero-order chi connectivity index (χ0) is 12.3. The van der Waals surface area contributed by atoms with Crippen molar-refractivity contribution in [2.75, 3.05) is 11.1 Å². The summed E-state index contributed by atoms with van der Waals surface area (Å²) < 4.78 is 0. The largest absolute Gasteiger partial charge is 0.399 e. The molecule has 3 N–H and O–H groups in total. The maximum atomic E-state index is 5.78. The van der Waals surface area contributed by atoms with Crippen LogP contribution < -0.4 is 11.1 Å². The molecule has 0 fully saturated rings. The van der Waals surface area contributed by atoms with E-state index in [0.717, 1.165) is 24.3 Å². The van der Waals surface area contributed by atoms with Gasteiger partial charge < -0.3 is 11.1 Å². The third-order valence-electron chi connectivity index (χ3n) is 2.78. The summed E-state index contributed by atoms with van der Waals surface area (Å²) in [5.74, 6) is 0. The van der Waals surface area contributed by atoms with Crippen molar-refractivity contribution in [3.8, 4) is 0 Å². The van der Waals surface area contributed by atoms with Gasteiger partial charge in [0.05, 0.1) is 0 Å². The third kappa shape index (κ3) is 3.01. The lowest BCUT2D eigenvalue weighted by molar-refractivity contribution is 1.18. The number of hydrogen-bond donors (Lipinski definition) is 2. The Morgan fingerprint density at radius 1 is 1.18 bits per heavy atom. The highest BCUT2D eigenvalue weighted by Crippen LogP contribution is 2.21. The van der Waals surface area contributed by atoms with Crippen molar-refractivity contribution in [1.82, 2.24) is 0 Å². The van der Waals surface area contributed by atoms with Crippen LogP contribution in [0.15, 0.2) is 30.3 Å². The monoisotopic (exact) mass is 246 g/mol. The van der Waals surface area contributed by atoms with Crippen LogP contribution in [0.3, 0.4) is 0 Å². The van der Waals surface area contributed by atoms with Gasteiger partial charge in [-0.1, -0.05) is 13.0 Å². The molecule has 1 heterocycles. The second-order valence-electron chi connectivity index (χ2n) is 4.15. The van der Waals surface area contributed by atoms with Gasteiger partial charge in [0.1, 0.15) is 0 Å². The fraction of sp³-hybridized carbons (Fsp3) is 0.286. The van der Waals surface area contributed by atoms with E-state index in [2.05, 4.69) is 31.3 Å². The normalized spacial score (nSPS) is 10.5. The maximum Gasteiger partial charge on any atom is 0.0494 e. The minimum Gasteiger partial charge on any atom is -0.399 e. The zero-order valence-electron chi connectivity index (χ0n) is 10.3. The van der Waals surface area contributed by atoms with Crippen LogP contribution in [-0.4, -0.2) is 0 Å². The predicted octanol–water partition coefficient (Wildman–Crippen LogP) is 3.81. The Balaban J connectivity index is 2.04. The summed E-state index contributed by atoms with van der Waals surface area (Å²) in [6.07, 6.45) is 1.11. The molecule has 0 radical (unpaired) electrons. The van der Waals surface area contributed by atoms with Gasteiger partial charge in [-0.25, -0.2) is 0 Å². The Labute approximate surface area is 106 Å². The summed E-state index contributed by atoms with van der Waals surface area (Å²) in [6, 6.07) is 10.4. The summed E-state index contributed by atoms with van der Waals surface area (Å²) >= 11 is 1.87. The van der Waals surface area contributed by atoms with E-state index in [9.17, 15) is 0 Å².